The van der Waals surface area contributed by atoms with Gasteiger partial charge in [-0.05, 0) is 37.8 Å². The van der Waals surface area contributed by atoms with Gasteiger partial charge in [0.25, 0.3) is 5.56 Å². The molecule has 1 aliphatic carbocycles. The van der Waals surface area contributed by atoms with Crippen LogP contribution in [0.15, 0.2) is 41.3 Å². The van der Waals surface area contributed by atoms with E-state index in [-0.39, 0.29) is 5.56 Å². The van der Waals surface area contributed by atoms with E-state index in [4.69, 9.17) is 4.98 Å². The third-order valence-electron chi connectivity index (χ3n) is 4.10. The molecule has 3 aromatic rings. The lowest BCUT2D eigenvalue weighted by molar-refractivity contribution is 0.657. The van der Waals surface area contributed by atoms with Crippen LogP contribution < -0.4 is 5.56 Å². The third-order valence-corrected chi connectivity index (χ3v) is 4.10. The van der Waals surface area contributed by atoms with Crippen molar-refractivity contribution >= 4 is 10.9 Å². The molecule has 0 unspecified atom stereocenters. The zero-order valence-electron chi connectivity index (χ0n) is 11.6. The Morgan fingerprint density at radius 1 is 1.05 bits per heavy atom. The van der Waals surface area contributed by atoms with Crippen molar-refractivity contribution in [3.05, 3.63) is 58.1 Å². The highest BCUT2D eigenvalue weighted by Gasteiger charge is 2.16. The number of benzene rings is 1. The minimum Gasteiger partial charge on any atom is -0.306 e. The number of para-hydroxylation sites is 1. The van der Waals surface area contributed by atoms with Crippen molar-refractivity contribution in [2.45, 2.75) is 25.7 Å². The Morgan fingerprint density at radius 3 is 2.86 bits per heavy atom. The lowest BCUT2D eigenvalue weighted by atomic mass is 9.97. The average Bonchev–Trinajstić information content (AvgIpc) is 2.54. The summed E-state index contributed by atoms with van der Waals surface area (Å²) in [7, 11) is 0. The fourth-order valence-corrected chi connectivity index (χ4v) is 3.03. The van der Waals surface area contributed by atoms with Crippen molar-refractivity contribution in [1.29, 1.82) is 0 Å². The zero-order chi connectivity index (χ0) is 14.2. The Kier molecular flexibility index (Phi) is 2.81. The maximum Gasteiger partial charge on any atom is 0.254 e. The predicted molar refractivity (Wildman–Crippen MR) is 82.2 cm³/mol. The van der Waals surface area contributed by atoms with Crippen molar-refractivity contribution in [3.63, 3.8) is 0 Å². The topological polar surface area (TPSA) is 58.6 Å². The summed E-state index contributed by atoms with van der Waals surface area (Å²) in [6.07, 6.45) is 5.69. The number of hydrogen-bond donors (Lipinski definition) is 1. The number of aromatic amines is 1. The summed E-state index contributed by atoms with van der Waals surface area (Å²) < 4.78 is 0. The van der Waals surface area contributed by atoms with E-state index < -0.39 is 0 Å². The Bertz CT molecular complexity index is 877. The Hall–Kier alpha value is -2.49. The standard InChI is InChI=1S/C17H15N3O/c21-17-13-6-2-4-8-15(13)19-16(20-17)12-9-10-18-14-7-3-1-5-11(12)14/h1,3,5,7,9-10H,2,4,6,8H2,(H,19,20,21). The van der Waals surface area contributed by atoms with Gasteiger partial charge in [-0.25, -0.2) is 4.98 Å². The fourth-order valence-electron chi connectivity index (χ4n) is 3.03. The molecule has 0 amide bonds. The molecule has 0 radical (unpaired) electrons. The molecule has 1 aromatic carbocycles. The van der Waals surface area contributed by atoms with Crippen LogP contribution in [0.25, 0.3) is 22.3 Å². The number of aryl methyl sites for hydroxylation is 1. The normalized spacial score (nSPS) is 14.1. The van der Waals surface area contributed by atoms with Crippen LogP contribution >= 0.6 is 0 Å². The summed E-state index contributed by atoms with van der Waals surface area (Å²) in [6.45, 7) is 0. The van der Waals surface area contributed by atoms with E-state index in [1.807, 2.05) is 30.3 Å². The molecule has 0 atom stereocenters. The molecule has 0 aliphatic heterocycles. The lowest BCUT2D eigenvalue weighted by Gasteiger charge is -2.15. The molecule has 1 aliphatic rings. The van der Waals surface area contributed by atoms with Crippen LogP contribution in [0.4, 0.5) is 0 Å². The maximum absolute atomic E-state index is 12.3. The Morgan fingerprint density at radius 2 is 1.90 bits per heavy atom. The molecule has 2 heterocycles. The van der Waals surface area contributed by atoms with Gasteiger partial charge < -0.3 is 4.98 Å². The van der Waals surface area contributed by atoms with Crippen molar-refractivity contribution in [2.75, 3.05) is 0 Å². The highest BCUT2D eigenvalue weighted by atomic mass is 16.1. The maximum atomic E-state index is 12.3. The first-order valence-corrected chi connectivity index (χ1v) is 7.29. The minimum atomic E-state index is 0.00981. The van der Waals surface area contributed by atoms with Gasteiger partial charge in [-0.15, -0.1) is 0 Å². The van der Waals surface area contributed by atoms with Gasteiger partial charge in [-0.3, -0.25) is 9.78 Å². The number of hydrogen-bond acceptors (Lipinski definition) is 3. The minimum absolute atomic E-state index is 0.00981. The van der Waals surface area contributed by atoms with Crippen LogP contribution in [0.2, 0.25) is 0 Å². The first kappa shape index (κ1) is 12.3. The van der Waals surface area contributed by atoms with Gasteiger partial charge in [0.2, 0.25) is 0 Å². The second-order valence-electron chi connectivity index (χ2n) is 5.42. The highest BCUT2D eigenvalue weighted by Crippen LogP contribution is 2.25. The van der Waals surface area contributed by atoms with E-state index in [1.165, 1.54) is 0 Å². The number of rotatable bonds is 1. The van der Waals surface area contributed by atoms with E-state index >= 15 is 0 Å². The molecule has 2 aromatic heterocycles. The summed E-state index contributed by atoms with van der Waals surface area (Å²) in [6, 6.07) is 9.83. The number of pyridine rings is 1. The zero-order valence-corrected chi connectivity index (χ0v) is 11.6. The number of nitrogens with zero attached hydrogens (tertiary/aromatic N) is 2. The first-order valence-electron chi connectivity index (χ1n) is 7.29. The SMILES string of the molecule is O=c1[nH]c(-c2ccnc3ccccc23)nc2c1CCCC2. The molecule has 0 fully saturated rings. The Labute approximate surface area is 121 Å². The number of fused-ring (bicyclic) bond motifs is 2. The van der Waals surface area contributed by atoms with Gasteiger partial charge in [0.1, 0.15) is 5.82 Å². The molecule has 4 heteroatoms. The highest BCUT2D eigenvalue weighted by molar-refractivity contribution is 5.92. The molecule has 0 saturated carbocycles. The molecule has 21 heavy (non-hydrogen) atoms. The average molecular weight is 277 g/mol. The molecule has 0 saturated heterocycles. The van der Waals surface area contributed by atoms with Gasteiger partial charge in [0.15, 0.2) is 0 Å². The number of nitrogens with one attached hydrogen (secondary N) is 1. The monoisotopic (exact) mass is 277 g/mol. The quantitative estimate of drug-likeness (QED) is 0.744. The lowest BCUT2D eigenvalue weighted by Crippen LogP contribution is -2.21. The molecule has 4 nitrogen and oxygen atoms in total. The van der Waals surface area contributed by atoms with Crippen molar-refractivity contribution in [2.24, 2.45) is 0 Å². The summed E-state index contributed by atoms with van der Waals surface area (Å²) in [4.78, 5) is 24.3. The van der Waals surface area contributed by atoms with Crippen LogP contribution in [0.5, 0.6) is 0 Å². The van der Waals surface area contributed by atoms with Crippen molar-refractivity contribution < 1.29 is 0 Å². The third kappa shape index (κ3) is 2.03. The van der Waals surface area contributed by atoms with E-state index in [0.29, 0.717) is 5.82 Å². The summed E-state index contributed by atoms with van der Waals surface area (Å²) in [5.41, 5.74) is 3.68. The van der Waals surface area contributed by atoms with E-state index in [1.54, 1.807) is 6.20 Å². The summed E-state index contributed by atoms with van der Waals surface area (Å²) in [5, 5.41) is 1.01. The number of H-pyrrole nitrogens is 1. The molecular formula is C17H15N3O. The van der Waals surface area contributed by atoms with Crippen LogP contribution in [-0.2, 0) is 12.8 Å². The smallest absolute Gasteiger partial charge is 0.254 e. The predicted octanol–water partition coefficient (Wildman–Crippen LogP) is 2.86. The molecule has 4 rings (SSSR count). The van der Waals surface area contributed by atoms with Gasteiger partial charge >= 0.3 is 0 Å². The van der Waals surface area contributed by atoms with Crippen LogP contribution in [0, 0.1) is 0 Å². The van der Waals surface area contributed by atoms with Gasteiger partial charge in [0, 0.05) is 22.7 Å². The van der Waals surface area contributed by atoms with E-state index in [0.717, 1.165) is 53.4 Å². The van der Waals surface area contributed by atoms with E-state index in [9.17, 15) is 4.79 Å². The molecule has 0 bridgehead atoms. The van der Waals surface area contributed by atoms with Gasteiger partial charge in [-0.2, -0.15) is 0 Å². The Balaban J connectivity index is 1.97. The van der Waals surface area contributed by atoms with Crippen molar-refractivity contribution in [1.82, 2.24) is 15.0 Å². The second-order valence-corrected chi connectivity index (χ2v) is 5.42. The largest absolute Gasteiger partial charge is 0.306 e. The summed E-state index contributed by atoms with van der Waals surface area (Å²) in [5.74, 6) is 0.652. The van der Waals surface area contributed by atoms with Gasteiger partial charge in [0.05, 0.1) is 11.2 Å². The fraction of sp³-hybridized carbons (Fsp3) is 0.235. The number of aromatic nitrogens is 3. The first-order chi connectivity index (χ1) is 10.3. The second kappa shape index (κ2) is 4.81. The molecule has 1 N–H and O–H groups in total. The van der Waals surface area contributed by atoms with Gasteiger partial charge in [-0.1, -0.05) is 18.2 Å². The summed E-state index contributed by atoms with van der Waals surface area (Å²) >= 11 is 0. The molecule has 104 valence electrons. The van der Waals surface area contributed by atoms with Crippen LogP contribution in [0.3, 0.4) is 0 Å². The van der Waals surface area contributed by atoms with Crippen LogP contribution in [-0.4, -0.2) is 15.0 Å². The van der Waals surface area contributed by atoms with Crippen LogP contribution in [0.1, 0.15) is 24.1 Å². The molecular weight excluding hydrogens is 262 g/mol. The molecule has 0 spiro atoms. The van der Waals surface area contributed by atoms with Crippen molar-refractivity contribution in [3.8, 4) is 11.4 Å². The van der Waals surface area contributed by atoms with E-state index in [2.05, 4.69) is 9.97 Å².